The Morgan fingerprint density at radius 2 is 1.87 bits per heavy atom. The van der Waals surface area contributed by atoms with E-state index >= 15 is 0 Å². The molecule has 1 rings (SSSR count). The van der Waals surface area contributed by atoms with Crippen LogP contribution in [0.15, 0.2) is 36.4 Å². The molecule has 0 unspecified atom stereocenters. The lowest BCUT2D eigenvalue weighted by Crippen LogP contribution is -2.12. The summed E-state index contributed by atoms with van der Waals surface area (Å²) >= 11 is 0. The maximum Gasteiger partial charge on any atom is 0.338 e. The van der Waals surface area contributed by atoms with E-state index in [9.17, 15) is 4.79 Å². The van der Waals surface area contributed by atoms with E-state index in [0.29, 0.717) is 5.57 Å². The summed E-state index contributed by atoms with van der Waals surface area (Å²) in [5.41, 5.74) is 1.51. The van der Waals surface area contributed by atoms with Crippen LogP contribution in [0, 0.1) is 0 Å². The number of allylic oxidation sites excluding steroid dienone is 1. The number of carbonyl (C=O) groups excluding carboxylic acids is 1. The Balaban J connectivity index is 2.87. The predicted octanol–water partition coefficient (Wildman–Crippen LogP) is 3.04. The Morgan fingerprint density at radius 3 is 2.33 bits per heavy atom. The van der Waals surface area contributed by atoms with Crippen LogP contribution in [-0.2, 0) is 9.53 Å². The quantitative estimate of drug-likeness (QED) is 0.558. The minimum atomic E-state index is -0.265. The summed E-state index contributed by atoms with van der Waals surface area (Å²) < 4.78 is 5.15. The first-order valence-corrected chi connectivity index (χ1v) is 5.08. The third kappa shape index (κ3) is 3.24. The molecule has 1 aromatic rings. The number of ether oxygens (including phenoxy) is 1. The summed E-state index contributed by atoms with van der Waals surface area (Å²) in [5.74, 6) is -0.265. The van der Waals surface area contributed by atoms with Gasteiger partial charge in [0.05, 0.1) is 11.7 Å². The van der Waals surface area contributed by atoms with E-state index in [-0.39, 0.29) is 12.1 Å². The summed E-state index contributed by atoms with van der Waals surface area (Å²) in [6.45, 7) is 5.52. The van der Waals surface area contributed by atoms with E-state index in [4.69, 9.17) is 4.74 Å². The SMILES string of the molecule is CC=C(C(=O)OC(C)C)c1ccccc1. The third-order valence-electron chi connectivity index (χ3n) is 1.94. The number of benzene rings is 1. The highest BCUT2D eigenvalue weighted by Gasteiger charge is 2.13. The monoisotopic (exact) mass is 204 g/mol. The molecule has 0 saturated carbocycles. The van der Waals surface area contributed by atoms with Gasteiger partial charge in [0.25, 0.3) is 0 Å². The van der Waals surface area contributed by atoms with Crippen molar-refractivity contribution in [3.63, 3.8) is 0 Å². The summed E-state index contributed by atoms with van der Waals surface area (Å²) in [6, 6.07) is 9.53. The predicted molar refractivity (Wildman–Crippen MR) is 61.3 cm³/mol. The second-order valence-electron chi connectivity index (χ2n) is 3.52. The van der Waals surface area contributed by atoms with E-state index in [0.717, 1.165) is 5.56 Å². The van der Waals surface area contributed by atoms with E-state index in [1.165, 1.54) is 0 Å². The van der Waals surface area contributed by atoms with Crippen LogP contribution in [0.25, 0.3) is 5.57 Å². The summed E-state index contributed by atoms with van der Waals surface area (Å²) in [4.78, 5) is 11.7. The van der Waals surface area contributed by atoms with E-state index in [2.05, 4.69) is 0 Å². The summed E-state index contributed by atoms with van der Waals surface area (Å²) in [5, 5.41) is 0. The van der Waals surface area contributed by atoms with Gasteiger partial charge in [0.15, 0.2) is 0 Å². The fourth-order valence-corrected chi connectivity index (χ4v) is 1.30. The average Bonchev–Trinajstić information content (AvgIpc) is 2.19. The minimum Gasteiger partial charge on any atom is -0.459 e. The molecule has 15 heavy (non-hydrogen) atoms. The van der Waals surface area contributed by atoms with Gasteiger partial charge < -0.3 is 4.74 Å². The van der Waals surface area contributed by atoms with Crippen LogP contribution in [0.5, 0.6) is 0 Å². The Labute approximate surface area is 90.6 Å². The van der Waals surface area contributed by atoms with Gasteiger partial charge >= 0.3 is 5.97 Å². The lowest BCUT2D eigenvalue weighted by molar-refractivity contribution is -0.140. The van der Waals surface area contributed by atoms with Crippen LogP contribution in [0.2, 0.25) is 0 Å². The molecule has 1 aromatic carbocycles. The largest absolute Gasteiger partial charge is 0.459 e. The van der Waals surface area contributed by atoms with Gasteiger partial charge in [-0.15, -0.1) is 0 Å². The lowest BCUT2D eigenvalue weighted by atomic mass is 10.1. The molecule has 0 atom stereocenters. The van der Waals surface area contributed by atoms with Crippen molar-refractivity contribution in [3.05, 3.63) is 42.0 Å². The molecule has 2 nitrogen and oxygen atoms in total. The molecule has 0 aliphatic rings. The highest BCUT2D eigenvalue weighted by Crippen LogP contribution is 2.16. The van der Waals surface area contributed by atoms with Crippen LogP contribution in [0.4, 0.5) is 0 Å². The molecule has 0 spiro atoms. The molecule has 0 aromatic heterocycles. The van der Waals surface area contributed by atoms with Crippen molar-refractivity contribution < 1.29 is 9.53 Å². The Morgan fingerprint density at radius 1 is 1.27 bits per heavy atom. The third-order valence-corrected chi connectivity index (χ3v) is 1.94. The zero-order chi connectivity index (χ0) is 11.3. The minimum absolute atomic E-state index is 0.0869. The molecule has 0 bridgehead atoms. The molecule has 0 saturated heterocycles. The van der Waals surface area contributed by atoms with Crippen LogP contribution >= 0.6 is 0 Å². The molecule has 0 fully saturated rings. The maximum absolute atomic E-state index is 11.7. The van der Waals surface area contributed by atoms with E-state index in [1.807, 2.05) is 51.1 Å². The van der Waals surface area contributed by atoms with Crippen LogP contribution in [0.3, 0.4) is 0 Å². The van der Waals surface area contributed by atoms with Gasteiger partial charge in [-0.2, -0.15) is 0 Å². The van der Waals surface area contributed by atoms with Crippen molar-refractivity contribution in [2.75, 3.05) is 0 Å². The molecule has 0 heterocycles. The second-order valence-corrected chi connectivity index (χ2v) is 3.52. The molecule has 0 radical (unpaired) electrons. The molecule has 0 N–H and O–H groups in total. The number of esters is 1. The molecular formula is C13H16O2. The van der Waals surface area contributed by atoms with Crippen molar-refractivity contribution >= 4 is 11.5 Å². The fraction of sp³-hybridized carbons (Fsp3) is 0.308. The van der Waals surface area contributed by atoms with Gasteiger partial charge in [0.2, 0.25) is 0 Å². The van der Waals surface area contributed by atoms with Gasteiger partial charge in [0.1, 0.15) is 0 Å². The van der Waals surface area contributed by atoms with Gasteiger partial charge in [-0.25, -0.2) is 4.79 Å². The topological polar surface area (TPSA) is 26.3 Å². The van der Waals surface area contributed by atoms with Crippen LogP contribution in [-0.4, -0.2) is 12.1 Å². The zero-order valence-corrected chi connectivity index (χ0v) is 9.36. The smallest absolute Gasteiger partial charge is 0.338 e. The van der Waals surface area contributed by atoms with Gasteiger partial charge in [0, 0.05) is 0 Å². The summed E-state index contributed by atoms with van der Waals surface area (Å²) in [7, 11) is 0. The molecule has 2 heteroatoms. The Bertz CT molecular complexity index is 350. The molecule has 0 aliphatic heterocycles. The van der Waals surface area contributed by atoms with Gasteiger partial charge in [-0.05, 0) is 26.3 Å². The second kappa shape index (κ2) is 5.35. The molecule has 80 valence electrons. The standard InChI is InChI=1S/C13H16O2/c1-4-12(13(14)15-10(2)3)11-8-6-5-7-9-11/h4-10H,1-3H3. The van der Waals surface area contributed by atoms with Crippen molar-refractivity contribution in [2.24, 2.45) is 0 Å². The summed E-state index contributed by atoms with van der Waals surface area (Å²) in [6.07, 6.45) is 1.69. The number of rotatable bonds is 3. The van der Waals surface area contributed by atoms with Gasteiger partial charge in [-0.3, -0.25) is 0 Å². The van der Waals surface area contributed by atoms with Crippen LogP contribution in [0.1, 0.15) is 26.3 Å². The highest BCUT2D eigenvalue weighted by molar-refractivity contribution is 6.16. The normalized spacial score (nSPS) is 11.6. The average molecular weight is 204 g/mol. The van der Waals surface area contributed by atoms with Crippen molar-refractivity contribution in [1.82, 2.24) is 0 Å². The Kier molecular flexibility index (Phi) is 4.10. The first-order valence-electron chi connectivity index (χ1n) is 5.08. The first-order chi connectivity index (χ1) is 7.15. The number of carbonyl (C=O) groups is 1. The van der Waals surface area contributed by atoms with Crippen molar-refractivity contribution in [2.45, 2.75) is 26.9 Å². The Hall–Kier alpha value is -1.57. The first kappa shape index (κ1) is 11.5. The van der Waals surface area contributed by atoms with E-state index in [1.54, 1.807) is 6.08 Å². The number of hydrogen-bond donors (Lipinski definition) is 0. The van der Waals surface area contributed by atoms with Crippen molar-refractivity contribution in [1.29, 1.82) is 0 Å². The molecule has 0 aliphatic carbocycles. The van der Waals surface area contributed by atoms with Gasteiger partial charge in [-0.1, -0.05) is 36.4 Å². The molecule has 0 amide bonds. The highest BCUT2D eigenvalue weighted by atomic mass is 16.5. The van der Waals surface area contributed by atoms with Crippen LogP contribution < -0.4 is 0 Å². The van der Waals surface area contributed by atoms with Crippen molar-refractivity contribution in [3.8, 4) is 0 Å². The molecular weight excluding hydrogens is 188 g/mol. The number of hydrogen-bond acceptors (Lipinski definition) is 2. The maximum atomic E-state index is 11.7. The fourth-order valence-electron chi connectivity index (χ4n) is 1.30. The zero-order valence-electron chi connectivity index (χ0n) is 9.36. The lowest BCUT2D eigenvalue weighted by Gasteiger charge is -2.10. The van der Waals surface area contributed by atoms with E-state index < -0.39 is 0 Å².